The highest BCUT2D eigenvalue weighted by Crippen LogP contribution is 2.40. The third-order valence-corrected chi connectivity index (χ3v) is 15.0. The van der Waals surface area contributed by atoms with Crippen molar-refractivity contribution in [2.45, 2.75) is 129 Å². The molecule has 0 aromatic heterocycles. The van der Waals surface area contributed by atoms with Gasteiger partial charge < -0.3 is 18.4 Å². The maximum Gasteiger partial charge on any atom is 0.308 e. The van der Waals surface area contributed by atoms with E-state index in [1.54, 1.807) is 0 Å². The number of hydrogen-bond donors (Lipinski definition) is 0. The molecular weight excluding hydrogens is 400 g/mol. The molecule has 0 aliphatic rings. The Labute approximate surface area is 181 Å². The number of carbonyl (C=O) groups is 2. The first-order chi connectivity index (χ1) is 12.6. The normalized spacial score (nSPS) is 16.3. The lowest BCUT2D eigenvalue weighted by molar-refractivity contribution is -0.157. The van der Waals surface area contributed by atoms with Gasteiger partial charge in [0.25, 0.3) is 0 Å². The molecule has 5 nitrogen and oxygen atoms in total. The Hall–Kier alpha value is -0.506. The van der Waals surface area contributed by atoms with Crippen LogP contribution in [-0.4, -0.2) is 46.7 Å². The maximum atomic E-state index is 12.5. The fourth-order valence-corrected chi connectivity index (χ4v) is 4.91. The van der Waals surface area contributed by atoms with Crippen LogP contribution in [0.1, 0.15) is 75.2 Å². The Balaban J connectivity index is 5.56. The molecule has 2 atom stereocenters. The summed E-state index contributed by atoms with van der Waals surface area (Å²) in [5, 5.41) is -0.00858. The predicted molar refractivity (Wildman–Crippen MR) is 125 cm³/mol. The zero-order valence-electron chi connectivity index (χ0n) is 21.2. The Morgan fingerprint density at radius 3 is 1.59 bits per heavy atom. The molecule has 0 heterocycles. The minimum absolute atomic E-state index is 0.00382. The highest BCUT2D eigenvalue weighted by molar-refractivity contribution is 6.74. The second kappa shape index (κ2) is 9.75. The number of carbonyl (C=O) groups excluding carboxylic acids is 2. The predicted octanol–water partition coefficient (Wildman–Crippen LogP) is 6.09. The number of hydrogen-bond acceptors (Lipinski definition) is 5. The van der Waals surface area contributed by atoms with Crippen molar-refractivity contribution in [3.63, 3.8) is 0 Å². The molecule has 0 amide bonds. The molecule has 0 radical (unpaired) electrons. The van der Waals surface area contributed by atoms with Gasteiger partial charge in [0.1, 0.15) is 18.0 Å². The van der Waals surface area contributed by atoms with Gasteiger partial charge in [0.05, 0.1) is 12.5 Å². The van der Waals surface area contributed by atoms with Crippen LogP contribution in [0.4, 0.5) is 0 Å². The van der Waals surface area contributed by atoms with Gasteiger partial charge in [-0.15, -0.1) is 0 Å². The molecular formula is C22H46O5Si2. The van der Waals surface area contributed by atoms with E-state index >= 15 is 0 Å². The van der Waals surface area contributed by atoms with Crippen molar-refractivity contribution in [3.8, 4) is 0 Å². The van der Waals surface area contributed by atoms with Gasteiger partial charge in [-0.1, -0.05) is 41.5 Å². The first kappa shape index (κ1) is 28.5. The van der Waals surface area contributed by atoms with Crippen molar-refractivity contribution in [3.05, 3.63) is 0 Å². The second-order valence-electron chi connectivity index (χ2n) is 12.1. The van der Waals surface area contributed by atoms with E-state index in [4.69, 9.17) is 13.6 Å². The van der Waals surface area contributed by atoms with Crippen LogP contribution in [0.25, 0.3) is 0 Å². The summed E-state index contributed by atoms with van der Waals surface area (Å²) in [5.74, 6) is -0.307. The summed E-state index contributed by atoms with van der Waals surface area (Å²) in [4.78, 5) is 24.4. The van der Waals surface area contributed by atoms with Crippen molar-refractivity contribution >= 4 is 28.9 Å². The van der Waals surface area contributed by atoms with Gasteiger partial charge in [0.2, 0.25) is 0 Å². The fraction of sp³-hybridized carbons (Fsp3) is 0.909. The van der Waals surface area contributed by atoms with Crippen LogP contribution in [0.2, 0.25) is 36.3 Å². The Bertz CT molecular complexity index is 551. The van der Waals surface area contributed by atoms with E-state index in [9.17, 15) is 9.59 Å². The molecule has 0 aliphatic carbocycles. The molecule has 0 spiro atoms. The van der Waals surface area contributed by atoms with E-state index in [1.807, 2.05) is 20.8 Å². The zero-order chi connectivity index (χ0) is 23.5. The molecule has 172 valence electrons. The Morgan fingerprint density at radius 2 is 1.24 bits per heavy atom. The van der Waals surface area contributed by atoms with Crippen LogP contribution >= 0.6 is 0 Å². The van der Waals surface area contributed by atoms with E-state index in [1.165, 1.54) is 0 Å². The smallest absolute Gasteiger partial charge is 0.308 e. The summed E-state index contributed by atoms with van der Waals surface area (Å²) >= 11 is 0. The molecule has 7 heteroatoms. The molecule has 0 bridgehead atoms. The van der Waals surface area contributed by atoms with Crippen molar-refractivity contribution in [2.75, 3.05) is 0 Å². The van der Waals surface area contributed by atoms with Crippen molar-refractivity contribution in [1.29, 1.82) is 0 Å². The van der Waals surface area contributed by atoms with Gasteiger partial charge >= 0.3 is 5.97 Å². The highest BCUT2D eigenvalue weighted by atomic mass is 28.4. The van der Waals surface area contributed by atoms with Crippen LogP contribution in [-0.2, 0) is 23.2 Å². The summed E-state index contributed by atoms with van der Waals surface area (Å²) in [6.07, 6.45) is 0.340. The van der Waals surface area contributed by atoms with Gasteiger partial charge in [-0.05, 0) is 57.0 Å². The molecule has 0 aliphatic heterocycles. The molecule has 0 unspecified atom stereocenters. The molecule has 0 saturated carbocycles. The third-order valence-electron chi connectivity index (χ3n) is 5.98. The van der Waals surface area contributed by atoms with Crippen LogP contribution in [0.15, 0.2) is 0 Å². The average molecular weight is 447 g/mol. The largest absolute Gasteiger partial charge is 0.460 e. The van der Waals surface area contributed by atoms with Crippen LogP contribution in [0, 0.1) is 0 Å². The molecule has 0 fully saturated rings. The van der Waals surface area contributed by atoms with E-state index in [0.29, 0.717) is 6.42 Å². The van der Waals surface area contributed by atoms with E-state index in [2.05, 4.69) is 67.7 Å². The minimum atomic E-state index is -2.14. The number of rotatable bonds is 9. The molecule has 0 aromatic carbocycles. The number of esters is 1. The van der Waals surface area contributed by atoms with Crippen molar-refractivity contribution in [2.24, 2.45) is 0 Å². The number of ether oxygens (including phenoxy) is 1. The zero-order valence-corrected chi connectivity index (χ0v) is 23.2. The van der Waals surface area contributed by atoms with E-state index in [-0.39, 0.29) is 22.5 Å². The minimum Gasteiger partial charge on any atom is -0.460 e. The molecule has 0 aromatic rings. The quantitative estimate of drug-likeness (QED) is 0.244. The monoisotopic (exact) mass is 446 g/mol. The van der Waals surface area contributed by atoms with E-state index < -0.39 is 34.4 Å². The lowest BCUT2D eigenvalue weighted by Gasteiger charge is -2.41. The molecule has 29 heavy (non-hydrogen) atoms. The van der Waals surface area contributed by atoms with Crippen LogP contribution in [0.5, 0.6) is 0 Å². The summed E-state index contributed by atoms with van der Waals surface area (Å²) in [6.45, 7) is 27.0. The van der Waals surface area contributed by atoms with Gasteiger partial charge in [-0.25, -0.2) is 0 Å². The van der Waals surface area contributed by atoms with Crippen LogP contribution in [0.3, 0.4) is 0 Å². The molecule has 0 rings (SSSR count). The Kier molecular flexibility index (Phi) is 9.58. The first-order valence-corrected chi connectivity index (χ1v) is 16.5. The van der Waals surface area contributed by atoms with Crippen molar-refractivity contribution < 1.29 is 23.2 Å². The van der Waals surface area contributed by atoms with Gasteiger partial charge in [0, 0.05) is 6.42 Å². The summed E-state index contributed by atoms with van der Waals surface area (Å²) in [7, 11) is -4.26. The van der Waals surface area contributed by atoms with Crippen LogP contribution < -0.4 is 0 Å². The lowest BCUT2D eigenvalue weighted by atomic mass is 10.1. The first-order valence-electron chi connectivity index (χ1n) is 10.6. The van der Waals surface area contributed by atoms with E-state index in [0.717, 1.165) is 6.29 Å². The third kappa shape index (κ3) is 9.90. The summed E-state index contributed by atoms with van der Waals surface area (Å²) in [6, 6.07) is 0. The SMILES string of the molecule is CC(C)(C)OC(=O)C[C@@H](C[C@@H](C=O)O[Si](C)(C)C(C)(C)C)O[Si](C)(C)C(C)(C)C. The van der Waals surface area contributed by atoms with Crippen molar-refractivity contribution in [1.82, 2.24) is 0 Å². The van der Waals surface area contributed by atoms with Gasteiger partial charge in [-0.2, -0.15) is 0 Å². The molecule has 0 N–H and O–H groups in total. The maximum absolute atomic E-state index is 12.5. The second-order valence-corrected chi connectivity index (χ2v) is 21.6. The molecule has 0 saturated heterocycles. The van der Waals surface area contributed by atoms with Gasteiger partial charge in [0.15, 0.2) is 16.6 Å². The Morgan fingerprint density at radius 1 is 0.828 bits per heavy atom. The lowest BCUT2D eigenvalue weighted by Crippen LogP contribution is -2.48. The topological polar surface area (TPSA) is 61.8 Å². The number of aldehydes is 1. The summed E-state index contributed by atoms with van der Waals surface area (Å²) < 4.78 is 18.4. The highest BCUT2D eigenvalue weighted by Gasteiger charge is 2.42. The fourth-order valence-electron chi connectivity index (χ4n) is 2.28. The van der Waals surface area contributed by atoms with Gasteiger partial charge in [-0.3, -0.25) is 4.79 Å². The standard InChI is InChI=1S/C22H46O5Si2/c1-20(2,3)25-19(24)15-17(26-28(10,11)21(4,5)6)14-18(16-23)27-29(12,13)22(7,8)9/h16-18H,14-15H2,1-13H3/t17-,18+/m1/s1. The average Bonchev–Trinajstić information content (AvgIpc) is 2.40. The summed E-state index contributed by atoms with van der Waals surface area (Å²) in [5.41, 5.74) is -0.555.